The van der Waals surface area contributed by atoms with Crippen molar-refractivity contribution in [1.82, 2.24) is 9.97 Å². The van der Waals surface area contributed by atoms with Crippen LogP contribution in [0.15, 0.2) is 67.3 Å². The normalized spacial score (nSPS) is 9.28. The lowest BCUT2D eigenvalue weighted by Crippen LogP contribution is -1.93. The van der Waals surface area contributed by atoms with Gasteiger partial charge in [0.25, 0.3) is 5.69 Å². The van der Waals surface area contributed by atoms with Crippen LogP contribution in [0.3, 0.4) is 0 Å². The second-order valence-corrected chi connectivity index (χ2v) is 4.96. The standard InChI is InChI=1S/C20H11N3O2/c24-23(25)20-15-18(2-1-16-7-11-21-12-8-16)4-6-19(20)5-3-17-9-13-22-14-10-17/h4,6-15H. The Hall–Kier alpha value is -3.96. The van der Waals surface area contributed by atoms with E-state index < -0.39 is 4.92 Å². The molecule has 0 saturated carbocycles. The van der Waals surface area contributed by atoms with E-state index in [0.717, 1.165) is 11.1 Å². The first-order chi connectivity index (χ1) is 12.2. The van der Waals surface area contributed by atoms with Crippen molar-refractivity contribution >= 4 is 5.69 Å². The third-order valence-corrected chi connectivity index (χ3v) is 3.25. The first-order valence-electron chi connectivity index (χ1n) is 7.35. The summed E-state index contributed by atoms with van der Waals surface area (Å²) in [6.45, 7) is 0. The van der Waals surface area contributed by atoms with Crippen molar-refractivity contribution in [2.45, 2.75) is 0 Å². The third kappa shape index (κ3) is 4.28. The molecule has 2 heterocycles. The smallest absolute Gasteiger partial charge is 0.265 e. The minimum absolute atomic E-state index is 0.0666. The molecule has 25 heavy (non-hydrogen) atoms. The fourth-order valence-electron chi connectivity index (χ4n) is 2.02. The van der Waals surface area contributed by atoms with Gasteiger partial charge in [0.15, 0.2) is 0 Å². The molecule has 0 spiro atoms. The Kier molecular flexibility index (Phi) is 4.80. The average Bonchev–Trinajstić information content (AvgIpc) is 2.66. The van der Waals surface area contributed by atoms with Crippen LogP contribution in [0.4, 0.5) is 5.69 Å². The van der Waals surface area contributed by atoms with Crippen LogP contribution in [-0.4, -0.2) is 14.9 Å². The second-order valence-electron chi connectivity index (χ2n) is 4.96. The molecule has 5 nitrogen and oxygen atoms in total. The Morgan fingerprint density at radius 3 is 1.80 bits per heavy atom. The average molecular weight is 325 g/mol. The molecule has 0 unspecified atom stereocenters. The molecule has 0 aliphatic carbocycles. The topological polar surface area (TPSA) is 68.9 Å². The number of aromatic nitrogens is 2. The third-order valence-electron chi connectivity index (χ3n) is 3.25. The number of nitro benzene ring substituents is 1. The van der Waals surface area contributed by atoms with Gasteiger partial charge in [-0.25, -0.2) is 0 Å². The predicted molar refractivity (Wildman–Crippen MR) is 93.5 cm³/mol. The number of benzene rings is 1. The maximum atomic E-state index is 11.3. The summed E-state index contributed by atoms with van der Waals surface area (Å²) < 4.78 is 0. The maximum absolute atomic E-state index is 11.3. The van der Waals surface area contributed by atoms with Crippen LogP contribution in [0.25, 0.3) is 0 Å². The molecule has 3 aromatic rings. The van der Waals surface area contributed by atoms with Gasteiger partial charge in [0.2, 0.25) is 0 Å². The molecule has 0 aliphatic heterocycles. The van der Waals surface area contributed by atoms with Gasteiger partial charge in [-0.05, 0) is 36.4 Å². The van der Waals surface area contributed by atoms with Gasteiger partial charge in [-0.3, -0.25) is 20.1 Å². The number of hydrogen-bond donors (Lipinski definition) is 0. The van der Waals surface area contributed by atoms with E-state index >= 15 is 0 Å². The SMILES string of the molecule is O=[N+]([O-])c1cc(C#Cc2ccncc2)ccc1C#Cc1ccncc1. The molecular weight excluding hydrogens is 314 g/mol. The maximum Gasteiger partial charge on any atom is 0.286 e. The molecule has 0 fully saturated rings. The van der Waals surface area contributed by atoms with E-state index in [2.05, 4.69) is 33.6 Å². The first kappa shape index (κ1) is 15.9. The summed E-state index contributed by atoms with van der Waals surface area (Å²) in [7, 11) is 0. The predicted octanol–water partition coefficient (Wildman–Crippen LogP) is 3.18. The molecule has 0 aliphatic rings. The van der Waals surface area contributed by atoms with E-state index in [4.69, 9.17) is 0 Å². The minimum atomic E-state index is -0.450. The quantitative estimate of drug-likeness (QED) is 0.391. The summed E-state index contributed by atoms with van der Waals surface area (Å²) in [6, 6.07) is 11.8. The van der Waals surface area contributed by atoms with Gasteiger partial charge in [-0.2, -0.15) is 0 Å². The van der Waals surface area contributed by atoms with Crippen molar-refractivity contribution in [2.24, 2.45) is 0 Å². The Morgan fingerprint density at radius 2 is 1.24 bits per heavy atom. The van der Waals surface area contributed by atoms with Gasteiger partial charge < -0.3 is 0 Å². The molecule has 0 radical (unpaired) electrons. The van der Waals surface area contributed by atoms with Gasteiger partial charge in [0.05, 0.1) is 4.92 Å². The van der Waals surface area contributed by atoms with E-state index in [1.807, 2.05) is 0 Å². The summed E-state index contributed by atoms with van der Waals surface area (Å²) in [5, 5.41) is 11.3. The summed E-state index contributed by atoms with van der Waals surface area (Å²) in [5.41, 5.74) is 2.36. The van der Waals surface area contributed by atoms with Crippen molar-refractivity contribution in [3.05, 3.63) is 99.6 Å². The van der Waals surface area contributed by atoms with Crippen LogP contribution in [0.2, 0.25) is 0 Å². The van der Waals surface area contributed by atoms with Crippen molar-refractivity contribution in [1.29, 1.82) is 0 Å². The summed E-state index contributed by atoms with van der Waals surface area (Å²) in [6.07, 6.45) is 6.53. The second kappa shape index (κ2) is 7.54. The van der Waals surface area contributed by atoms with Gasteiger partial charge in [-0.15, -0.1) is 0 Å². The molecule has 1 aromatic carbocycles. The van der Waals surface area contributed by atoms with Crippen molar-refractivity contribution in [3.8, 4) is 23.7 Å². The van der Waals surface area contributed by atoms with Crippen molar-refractivity contribution in [2.75, 3.05) is 0 Å². The van der Waals surface area contributed by atoms with Gasteiger partial charge >= 0.3 is 0 Å². The van der Waals surface area contributed by atoms with Crippen molar-refractivity contribution in [3.63, 3.8) is 0 Å². The zero-order valence-electron chi connectivity index (χ0n) is 13.0. The fourth-order valence-corrected chi connectivity index (χ4v) is 2.02. The fraction of sp³-hybridized carbons (Fsp3) is 0. The van der Waals surface area contributed by atoms with E-state index in [9.17, 15) is 10.1 Å². The summed E-state index contributed by atoms with van der Waals surface area (Å²) >= 11 is 0. The lowest BCUT2D eigenvalue weighted by atomic mass is 10.1. The van der Waals surface area contributed by atoms with Gasteiger partial charge in [0.1, 0.15) is 5.56 Å². The highest BCUT2D eigenvalue weighted by molar-refractivity contribution is 5.57. The molecule has 0 amide bonds. The van der Waals surface area contributed by atoms with Crippen LogP contribution in [0.1, 0.15) is 22.3 Å². The Morgan fingerprint density at radius 1 is 0.720 bits per heavy atom. The molecule has 3 rings (SSSR count). The monoisotopic (exact) mass is 325 g/mol. The highest BCUT2D eigenvalue weighted by Crippen LogP contribution is 2.19. The van der Waals surface area contributed by atoms with E-state index in [1.165, 1.54) is 6.07 Å². The molecule has 5 heteroatoms. The van der Waals surface area contributed by atoms with E-state index in [0.29, 0.717) is 11.1 Å². The molecule has 2 aromatic heterocycles. The molecule has 0 saturated heterocycles. The number of nitro groups is 1. The molecule has 0 N–H and O–H groups in total. The Labute approximate surface area is 144 Å². The van der Waals surface area contributed by atoms with Crippen LogP contribution in [-0.2, 0) is 0 Å². The largest absolute Gasteiger partial charge is 0.286 e. The first-order valence-corrected chi connectivity index (χ1v) is 7.35. The minimum Gasteiger partial charge on any atom is -0.265 e. The Balaban J connectivity index is 1.93. The lowest BCUT2D eigenvalue weighted by molar-refractivity contribution is -0.385. The number of rotatable bonds is 1. The van der Waals surface area contributed by atoms with Crippen molar-refractivity contribution < 1.29 is 4.92 Å². The number of pyridine rings is 2. The van der Waals surface area contributed by atoms with E-state index in [1.54, 1.807) is 61.2 Å². The lowest BCUT2D eigenvalue weighted by Gasteiger charge is -1.97. The molecule has 118 valence electrons. The molecular formula is C20H11N3O2. The van der Waals surface area contributed by atoms with E-state index in [-0.39, 0.29) is 5.69 Å². The number of hydrogen-bond acceptors (Lipinski definition) is 4. The zero-order chi connectivity index (χ0) is 17.5. The van der Waals surface area contributed by atoms with Crippen LogP contribution in [0.5, 0.6) is 0 Å². The van der Waals surface area contributed by atoms with Crippen LogP contribution < -0.4 is 0 Å². The summed E-state index contributed by atoms with van der Waals surface area (Å²) in [5.74, 6) is 11.6. The molecule has 0 bridgehead atoms. The zero-order valence-corrected chi connectivity index (χ0v) is 13.0. The number of nitrogens with zero attached hydrogens (tertiary/aromatic N) is 3. The highest BCUT2D eigenvalue weighted by Gasteiger charge is 2.12. The van der Waals surface area contributed by atoms with Crippen LogP contribution >= 0.6 is 0 Å². The van der Waals surface area contributed by atoms with Gasteiger partial charge in [-0.1, -0.05) is 23.7 Å². The Bertz CT molecular complexity index is 1020. The van der Waals surface area contributed by atoms with Gasteiger partial charge in [0, 0.05) is 47.5 Å². The highest BCUT2D eigenvalue weighted by atomic mass is 16.6. The molecule has 0 atom stereocenters. The van der Waals surface area contributed by atoms with Crippen LogP contribution in [0, 0.1) is 33.8 Å². The summed E-state index contributed by atoms with van der Waals surface area (Å²) in [4.78, 5) is 18.7.